The van der Waals surface area contributed by atoms with E-state index < -0.39 is 0 Å². The molecule has 0 aliphatic heterocycles. The zero-order valence-corrected chi connectivity index (χ0v) is 19.6. The van der Waals surface area contributed by atoms with Gasteiger partial charge in [-0.05, 0) is 47.9 Å². The van der Waals surface area contributed by atoms with Crippen LogP contribution in [0.4, 0.5) is 0 Å². The number of para-hydroxylation sites is 1. The predicted octanol–water partition coefficient (Wildman–Crippen LogP) is 4.65. The molecule has 2 N–H and O–H groups in total. The van der Waals surface area contributed by atoms with Crippen LogP contribution in [0, 0.1) is 0 Å². The first-order valence-corrected chi connectivity index (χ1v) is 11.3. The van der Waals surface area contributed by atoms with Crippen molar-refractivity contribution in [2.75, 3.05) is 20.7 Å². The van der Waals surface area contributed by atoms with Crippen LogP contribution in [-0.2, 0) is 6.54 Å². The van der Waals surface area contributed by atoms with E-state index in [-0.39, 0.29) is 11.8 Å². The van der Waals surface area contributed by atoms with E-state index in [0.717, 1.165) is 34.0 Å². The minimum Gasteiger partial charge on any atom is -0.493 e. The molecular formula is C27H28N4O3. The third-order valence-corrected chi connectivity index (χ3v) is 5.67. The number of carbonyl (C=O) groups excluding carboxylic acids is 2. The number of aromatic amines is 1. The van der Waals surface area contributed by atoms with Gasteiger partial charge in [-0.2, -0.15) is 5.10 Å². The number of ether oxygens (including phenoxy) is 1. The molecule has 4 aromatic rings. The van der Waals surface area contributed by atoms with Gasteiger partial charge in [0.05, 0.1) is 18.3 Å². The molecule has 7 heteroatoms. The highest BCUT2D eigenvalue weighted by Crippen LogP contribution is 2.32. The number of amides is 2. The van der Waals surface area contributed by atoms with Crippen molar-refractivity contribution < 1.29 is 14.3 Å². The van der Waals surface area contributed by atoms with Gasteiger partial charge in [0.15, 0.2) is 0 Å². The number of hydrogen-bond acceptors (Lipinski definition) is 4. The average molecular weight is 457 g/mol. The van der Waals surface area contributed by atoms with Gasteiger partial charge in [0, 0.05) is 42.7 Å². The normalized spacial score (nSPS) is 10.8. The van der Waals surface area contributed by atoms with Crippen LogP contribution in [0.1, 0.15) is 39.6 Å². The fourth-order valence-corrected chi connectivity index (χ4v) is 3.91. The Kier molecular flexibility index (Phi) is 6.92. The van der Waals surface area contributed by atoms with Gasteiger partial charge in [-0.3, -0.25) is 14.7 Å². The molecule has 3 aromatic carbocycles. The number of fused-ring (bicyclic) bond motifs is 1. The molecule has 0 aliphatic rings. The second kappa shape index (κ2) is 10.2. The van der Waals surface area contributed by atoms with Crippen LogP contribution in [0.2, 0.25) is 0 Å². The molecule has 0 atom stereocenters. The number of H-pyrrole nitrogens is 1. The standard InChI is InChI=1S/C27H28N4O3/c1-4-13-34-24-15-20(11-12-23(24)18-7-5-8-19(14-18)26(32)28-2)27(33)31(3)17-22-10-6-9-21-16-29-30-25(21)22/h5-12,14-16H,4,13,17H2,1-3H3,(H,28,32)(H,29,30). The molecule has 0 spiro atoms. The molecule has 1 heterocycles. The fraction of sp³-hybridized carbons (Fsp3) is 0.222. The molecule has 0 fully saturated rings. The zero-order valence-electron chi connectivity index (χ0n) is 19.6. The summed E-state index contributed by atoms with van der Waals surface area (Å²) >= 11 is 0. The third-order valence-electron chi connectivity index (χ3n) is 5.67. The highest BCUT2D eigenvalue weighted by Gasteiger charge is 2.17. The molecule has 0 saturated heterocycles. The summed E-state index contributed by atoms with van der Waals surface area (Å²) in [5.41, 5.74) is 4.72. The van der Waals surface area contributed by atoms with Crippen molar-refractivity contribution in [3.8, 4) is 16.9 Å². The van der Waals surface area contributed by atoms with Gasteiger partial charge in [-0.15, -0.1) is 0 Å². The molecule has 0 radical (unpaired) electrons. The van der Waals surface area contributed by atoms with Crippen molar-refractivity contribution in [2.45, 2.75) is 19.9 Å². The summed E-state index contributed by atoms with van der Waals surface area (Å²) in [5.74, 6) is 0.355. The Bertz CT molecular complexity index is 1330. The second-order valence-electron chi connectivity index (χ2n) is 8.13. The summed E-state index contributed by atoms with van der Waals surface area (Å²) in [5, 5.41) is 10.8. The number of nitrogens with one attached hydrogen (secondary N) is 2. The van der Waals surface area contributed by atoms with Crippen LogP contribution in [0.3, 0.4) is 0 Å². The molecule has 0 saturated carbocycles. The smallest absolute Gasteiger partial charge is 0.254 e. The summed E-state index contributed by atoms with van der Waals surface area (Å²) in [6.07, 6.45) is 2.61. The summed E-state index contributed by atoms with van der Waals surface area (Å²) in [6.45, 7) is 3.00. The number of aromatic nitrogens is 2. The molecule has 0 unspecified atom stereocenters. The lowest BCUT2D eigenvalue weighted by Crippen LogP contribution is -2.26. The molecule has 0 bridgehead atoms. The number of rotatable bonds is 8. The topological polar surface area (TPSA) is 87.3 Å². The minimum atomic E-state index is -0.154. The van der Waals surface area contributed by atoms with Crippen LogP contribution in [0.5, 0.6) is 5.75 Å². The number of nitrogens with zero attached hydrogens (tertiary/aromatic N) is 2. The molecule has 34 heavy (non-hydrogen) atoms. The van der Waals surface area contributed by atoms with Gasteiger partial charge in [-0.25, -0.2) is 0 Å². The van der Waals surface area contributed by atoms with Crippen molar-refractivity contribution in [3.05, 3.63) is 83.6 Å². The molecular weight excluding hydrogens is 428 g/mol. The molecule has 1 aromatic heterocycles. The van der Waals surface area contributed by atoms with E-state index in [1.807, 2.05) is 49.4 Å². The van der Waals surface area contributed by atoms with E-state index >= 15 is 0 Å². The Morgan fingerprint density at radius 1 is 1.06 bits per heavy atom. The summed E-state index contributed by atoms with van der Waals surface area (Å²) in [7, 11) is 3.39. The van der Waals surface area contributed by atoms with Gasteiger partial charge >= 0.3 is 0 Å². The van der Waals surface area contributed by atoms with Crippen LogP contribution >= 0.6 is 0 Å². The van der Waals surface area contributed by atoms with Crippen LogP contribution in [-0.4, -0.2) is 47.6 Å². The van der Waals surface area contributed by atoms with Crippen molar-refractivity contribution >= 4 is 22.7 Å². The summed E-state index contributed by atoms with van der Waals surface area (Å²) in [4.78, 5) is 27.0. The third kappa shape index (κ3) is 4.78. The van der Waals surface area contributed by atoms with Crippen LogP contribution in [0.15, 0.2) is 66.9 Å². The van der Waals surface area contributed by atoms with Crippen molar-refractivity contribution in [1.29, 1.82) is 0 Å². The maximum atomic E-state index is 13.3. The highest BCUT2D eigenvalue weighted by atomic mass is 16.5. The first kappa shape index (κ1) is 23.0. The molecule has 2 amide bonds. The Balaban J connectivity index is 1.63. The first-order valence-electron chi connectivity index (χ1n) is 11.3. The fourth-order valence-electron chi connectivity index (χ4n) is 3.91. The van der Waals surface area contributed by atoms with E-state index in [4.69, 9.17) is 4.74 Å². The van der Waals surface area contributed by atoms with Crippen molar-refractivity contribution in [1.82, 2.24) is 20.4 Å². The van der Waals surface area contributed by atoms with E-state index in [9.17, 15) is 9.59 Å². The second-order valence-corrected chi connectivity index (χ2v) is 8.13. The summed E-state index contributed by atoms with van der Waals surface area (Å²) < 4.78 is 6.02. The van der Waals surface area contributed by atoms with E-state index in [1.165, 1.54) is 0 Å². The Morgan fingerprint density at radius 2 is 1.88 bits per heavy atom. The van der Waals surface area contributed by atoms with Crippen molar-refractivity contribution in [3.63, 3.8) is 0 Å². The average Bonchev–Trinajstić information content (AvgIpc) is 3.36. The number of benzene rings is 3. The quantitative estimate of drug-likeness (QED) is 0.404. The van der Waals surface area contributed by atoms with Gasteiger partial charge in [0.2, 0.25) is 0 Å². The lowest BCUT2D eigenvalue weighted by molar-refractivity contribution is 0.0785. The van der Waals surface area contributed by atoms with Gasteiger partial charge in [0.1, 0.15) is 5.75 Å². The van der Waals surface area contributed by atoms with E-state index in [0.29, 0.717) is 30.0 Å². The Labute approximate surface area is 198 Å². The molecule has 4 rings (SSSR count). The van der Waals surface area contributed by atoms with Gasteiger partial charge in [0.25, 0.3) is 11.8 Å². The largest absolute Gasteiger partial charge is 0.493 e. The first-order chi connectivity index (χ1) is 16.5. The van der Waals surface area contributed by atoms with Crippen LogP contribution in [0.25, 0.3) is 22.0 Å². The number of hydrogen-bond donors (Lipinski definition) is 2. The molecule has 7 nitrogen and oxygen atoms in total. The number of carbonyl (C=O) groups is 2. The summed E-state index contributed by atoms with van der Waals surface area (Å²) in [6, 6.07) is 18.8. The molecule has 174 valence electrons. The maximum Gasteiger partial charge on any atom is 0.254 e. The SMILES string of the molecule is CCCOc1cc(C(=O)N(C)Cc2cccc3cn[nH]c23)ccc1-c1cccc(C(=O)NC)c1. The maximum absolute atomic E-state index is 13.3. The zero-order chi connectivity index (χ0) is 24.1. The monoisotopic (exact) mass is 456 g/mol. The minimum absolute atomic E-state index is 0.108. The molecule has 0 aliphatic carbocycles. The van der Waals surface area contributed by atoms with Crippen LogP contribution < -0.4 is 10.1 Å². The highest BCUT2D eigenvalue weighted by molar-refractivity contribution is 5.97. The van der Waals surface area contributed by atoms with Gasteiger partial charge in [-0.1, -0.05) is 37.3 Å². The Morgan fingerprint density at radius 3 is 2.68 bits per heavy atom. The van der Waals surface area contributed by atoms with E-state index in [2.05, 4.69) is 15.5 Å². The lowest BCUT2D eigenvalue weighted by Gasteiger charge is -2.19. The van der Waals surface area contributed by atoms with Crippen molar-refractivity contribution in [2.24, 2.45) is 0 Å². The Hall–Kier alpha value is -4.13. The lowest BCUT2D eigenvalue weighted by atomic mass is 9.99. The predicted molar refractivity (Wildman–Crippen MR) is 133 cm³/mol. The van der Waals surface area contributed by atoms with Gasteiger partial charge < -0.3 is 15.0 Å². The van der Waals surface area contributed by atoms with E-state index in [1.54, 1.807) is 43.4 Å².